The molecule has 4 rings (SSSR count). The molecular weight excluding hydrogens is 468 g/mol. The van der Waals surface area contributed by atoms with E-state index in [0.29, 0.717) is 11.4 Å². The van der Waals surface area contributed by atoms with E-state index in [9.17, 15) is 13.6 Å². The lowest BCUT2D eigenvalue weighted by Crippen LogP contribution is -2.15. The number of hydrogen-bond acceptors (Lipinski definition) is 5. The summed E-state index contributed by atoms with van der Waals surface area (Å²) in [6.07, 6.45) is -1.32. The maximum absolute atomic E-state index is 14.0. The Labute approximate surface area is 197 Å². The Kier molecular flexibility index (Phi) is 6.49. The average Bonchev–Trinajstić information content (AvgIpc) is 3.39. The van der Waals surface area contributed by atoms with Gasteiger partial charge in [-0.15, -0.1) is 17.3 Å². The molecule has 166 valence electrons. The summed E-state index contributed by atoms with van der Waals surface area (Å²) in [5.74, 6) is 4.97. The zero-order valence-corrected chi connectivity index (χ0v) is 19.0. The zero-order valence-electron chi connectivity index (χ0n) is 17.4. The summed E-state index contributed by atoms with van der Waals surface area (Å²) >= 11 is 7.33. The third-order valence-electron chi connectivity index (χ3n) is 4.63. The first-order valence-electron chi connectivity index (χ1n) is 9.67. The number of para-hydroxylation sites is 1. The van der Waals surface area contributed by atoms with Gasteiger partial charge in [0.2, 0.25) is 0 Å². The van der Waals surface area contributed by atoms with Crippen molar-refractivity contribution >= 4 is 34.0 Å². The fourth-order valence-corrected chi connectivity index (χ4v) is 4.12. The van der Waals surface area contributed by atoms with Gasteiger partial charge in [0.15, 0.2) is 5.13 Å². The fourth-order valence-electron chi connectivity index (χ4n) is 3.21. The molecule has 0 bridgehead atoms. The van der Waals surface area contributed by atoms with Crippen LogP contribution in [0.3, 0.4) is 0 Å². The van der Waals surface area contributed by atoms with Crippen LogP contribution in [-0.4, -0.2) is 25.7 Å². The fraction of sp³-hybridized carbons (Fsp3) is 0.130. The molecule has 3 heterocycles. The van der Waals surface area contributed by atoms with Gasteiger partial charge in [-0.25, -0.2) is 18.4 Å². The van der Waals surface area contributed by atoms with E-state index in [-0.39, 0.29) is 27.1 Å². The normalized spacial score (nSPS) is 10.7. The smallest absolute Gasteiger partial charge is 0.281 e. The lowest BCUT2D eigenvalue weighted by Gasteiger charge is -2.10. The van der Waals surface area contributed by atoms with Crippen LogP contribution in [0.15, 0.2) is 48.0 Å². The molecule has 0 saturated heterocycles. The Bertz CT molecular complexity index is 1390. The molecular formula is C23H16ClF2N5OS. The van der Waals surface area contributed by atoms with Crippen LogP contribution in [0.1, 0.15) is 40.7 Å². The number of aromatic nitrogens is 4. The van der Waals surface area contributed by atoms with E-state index >= 15 is 0 Å². The molecule has 0 fully saturated rings. The number of halogens is 3. The minimum atomic E-state index is -2.95. The van der Waals surface area contributed by atoms with Gasteiger partial charge in [-0.05, 0) is 38.1 Å². The number of pyridine rings is 1. The van der Waals surface area contributed by atoms with E-state index in [1.807, 2.05) is 6.07 Å². The van der Waals surface area contributed by atoms with Crippen molar-refractivity contribution in [2.75, 3.05) is 5.32 Å². The SMILES string of the molecule is CC#Cc1ccc(-c2csc(NC(=O)c3c(C)nn(-c4ccccc4Cl)c3C(F)F)n2)nc1. The predicted octanol–water partition coefficient (Wildman–Crippen LogP) is 5.91. The van der Waals surface area contributed by atoms with E-state index in [1.54, 1.807) is 48.8 Å². The van der Waals surface area contributed by atoms with Crippen molar-refractivity contribution in [3.05, 3.63) is 75.5 Å². The molecule has 10 heteroatoms. The number of anilines is 1. The third kappa shape index (κ3) is 4.62. The van der Waals surface area contributed by atoms with Crippen molar-refractivity contribution in [1.29, 1.82) is 0 Å². The van der Waals surface area contributed by atoms with Crippen molar-refractivity contribution in [2.45, 2.75) is 20.3 Å². The minimum absolute atomic E-state index is 0.147. The van der Waals surface area contributed by atoms with Crippen molar-refractivity contribution in [3.63, 3.8) is 0 Å². The highest BCUT2D eigenvalue weighted by atomic mass is 35.5. The second-order valence-corrected chi connectivity index (χ2v) is 8.07. The van der Waals surface area contributed by atoms with Crippen LogP contribution in [0.4, 0.5) is 13.9 Å². The van der Waals surface area contributed by atoms with Crippen LogP contribution >= 0.6 is 22.9 Å². The van der Waals surface area contributed by atoms with Crippen molar-refractivity contribution in [1.82, 2.24) is 19.7 Å². The minimum Gasteiger partial charge on any atom is -0.298 e. The van der Waals surface area contributed by atoms with Crippen molar-refractivity contribution in [3.8, 4) is 28.9 Å². The second-order valence-electron chi connectivity index (χ2n) is 6.81. The predicted molar refractivity (Wildman–Crippen MR) is 124 cm³/mol. The topological polar surface area (TPSA) is 72.7 Å². The van der Waals surface area contributed by atoms with Crippen molar-refractivity contribution < 1.29 is 13.6 Å². The van der Waals surface area contributed by atoms with Gasteiger partial charge in [0, 0.05) is 17.1 Å². The largest absolute Gasteiger partial charge is 0.298 e. The summed E-state index contributed by atoms with van der Waals surface area (Å²) in [7, 11) is 0. The molecule has 4 aromatic rings. The number of benzene rings is 1. The molecule has 1 N–H and O–H groups in total. The number of carbonyl (C=O) groups excluding carboxylic acids is 1. The number of hydrogen-bond donors (Lipinski definition) is 1. The number of thiazole rings is 1. The number of alkyl halides is 2. The number of carbonyl (C=O) groups is 1. The van der Waals surface area contributed by atoms with Crippen LogP contribution in [0.25, 0.3) is 17.1 Å². The van der Waals surface area contributed by atoms with E-state index < -0.39 is 18.0 Å². The van der Waals surface area contributed by atoms with E-state index in [0.717, 1.165) is 21.6 Å². The highest BCUT2D eigenvalue weighted by Crippen LogP contribution is 2.32. The summed E-state index contributed by atoms with van der Waals surface area (Å²) in [5.41, 5.74) is 1.57. The molecule has 6 nitrogen and oxygen atoms in total. The van der Waals surface area contributed by atoms with Gasteiger partial charge < -0.3 is 0 Å². The van der Waals surface area contributed by atoms with Gasteiger partial charge in [0.25, 0.3) is 12.3 Å². The molecule has 0 aliphatic heterocycles. The highest BCUT2D eigenvalue weighted by molar-refractivity contribution is 7.14. The van der Waals surface area contributed by atoms with Crippen LogP contribution in [-0.2, 0) is 0 Å². The quantitative estimate of drug-likeness (QED) is 0.358. The molecule has 0 atom stereocenters. The number of nitrogens with zero attached hydrogens (tertiary/aromatic N) is 4. The molecule has 0 aliphatic rings. The molecule has 0 unspecified atom stereocenters. The monoisotopic (exact) mass is 483 g/mol. The van der Waals surface area contributed by atoms with Crippen LogP contribution in [0, 0.1) is 18.8 Å². The Morgan fingerprint density at radius 3 is 2.67 bits per heavy atom. The molecule has 1 amide bonds. The summed E-state index contributed by atoms with van der Waals surface area (Å²) in [4.78, 5) is 21.6. The number of aryl methyl sites for hydroxylation is 1. The highest BCUT2D eigenvalue weighted by Gasteiger charge is 2.29. The summed E-state index contributed by atoms with van der Waals surface area (Å²) in [5, 5.41) is 8.96. The molecule has 3 aromatic heterocycles. The molecule has 0 radical (unpaired) electrons. The van der Waals surface area contributed by atoms with Crippen molar-refractivity contribution in [2.24, 2.45) is 0 Å². The standard InChI is InChI=1S/C23H16ClF2N5OS/c1-3-6-14-9-10-16(27-11-14)17-12-33-23(28-17)29-22(32)19-13(2)30-31(20(19)21(25)26)18-8-5-4-7-15(18)24/h4-5,7-12,21H,1-2H3,(H,28,29,32). The van der Waals surface area contributed by atoms with Gasteiger partial charge in [0.05, 0.1) is 27.7 Å². The summed E-state index contributed by atoms with van der Waals surface area (Å²) in [6.45, 7) is 3.23. The molecule has 0 spiro atoms. The summed E-state index contributed by atoms with van der Waals surface area (Å²) < 4.78 is 29.0. The number of rotatable bonds is 5. The first-order valence-corrected chi connectivity index (χ1v) is 10.9. The van der Waals surface area contributed by atoms with E-state index in [4.69, 9.17) is 11.6 Å². The lowest BCUT2D eigenvalue weighted by atomic mass is 10.1. The Morgan fingerprint density at radius 2 is 2.00 bits per heavy atom. The van der Waals surface area contributed by atoms with Gasteiger partial charge >= 0.3 is 0 Å². The second kappa shape index (κ2) is 9.48. The van der Waals surface area contributed by atoms with Gasteiger partial charge in [-0.1, -0.05) is 29.7 Å². The molecule has 1 aromatic carbocycles. The van der Waals surface area contributed by atoms with Gasteiger partial charge in [-0.2, -0.15) is 5.10 Å². The summed E-state index contributed by atoms with van der Waals surface area (Å²) in [6, 6.07) is 10.0. The van der Waals surface area contributed by atoms with Crippen LogP contribution in [0.5, 0.6) is 0 Å². The molecule has 33 heavy (non-hydrogen) atoms. The molecule has 0 saturated carbocycles. The Hall–Kier alpha value is -3.61. The maximum Gasteiger partial charge on any atom is 0.281 e. The van der Waals surface area contributed by atoms with Gasteiger partial charge in [-0.3, -0.25) is 15.1 Å². The first kappa shape index (κ1) is 22.6. The zero-order chi connectivity index (χ0) is 23.5. The number of nitrogens with one attached hydrogen (secondary N) is 1. The van der Waals surface area contributed by atoms with E-state index in [1.165, 1.54) is 6.92 Å². The first-order chi connectivity index (χ1) is 15.9. The Balaban J connectivity index is 1.63. The van der Waals surface area contributed by atoms with Crippen LogP contribution in [0.2, 0.25) is 5.02 Å². The Morgan fingerprint density at radius 1 is 1.21 bits per heavy atom. The average molecular weight is 484 g/mol. The maximum atomic E-state index is 14.0. The van der Waals surface area contributed by atoms with Gasteiger partial charge in [0.1, 0.15) is 11.4 Å². The van der Waals surface area contributed by atoms with Crippen LogP contribution < -0.4 is 5.32 Å². The third-order valence-corrected chi connectivity index (χ3v) is 5.71. The van der Waals surface area contributed by atoms with E-state index in [2.05, 4.69) is 32.2 Å². The number of amides is 1. The lowest BCUT2D eigenvalue weighted by molar-refractivity contribution is 0.100. The molecule has 0 aliphatic carbocycles.